The highest BCUT2D eigenvalue weighted by Gasteiger charge is 2.05. The van der Waals surface area contributed by atoms with Crippen LogP contribution in [0.15, 0.2) is 30.9 Å². The zero-order chi connectivity index (χ0) is 14.1. The van der Waals surface area contributed by atoms with Crippen molar-refractivity contribution < 1.29 is 5.11 Å². The Labute approximate surface area is 116 Å². The quantitative estimate of drug-likeness (QED) is 0.664. The first-order valence-corrected chi connectivity index (χ1v) is 6.78. The van der Waals surface area contributed by atoms with Crippen LogP contribution < -0.4 is 5.32 Å². The van der Waals surface area contributed by atoms with Gasteiger partial charge in [-0.2, -0.15) is 0 Å². The maximum Gasteiger partial charge on any atom is 0.0558 e. The summed E-state index contributed by atoms with van der Waals surface area (Å²) < 4.78 is 0. The Balaban J connectivity index is 2.61. The molecular formula is C15H25N3O. The first-order valence-electron chi connectivity index (χ1n) is 6.78. The van der Waals surface area contributed by atoms with Crippen molar-refractivity contribution in [3.05, 3.63) is 42.2 Å². The molecule has 0 saturated carbocycles. The number of hydrogen-bond donors (Lipinski definition) is 2. The van der Waals surface area contributed by atoms with Crippen molar-refractivity contribution in [2.45, 2.75) is 33.0 Å². The topological polar surface area (TPSA) is 48.4 Å². The molecule has 0 unspecified atom stereocenters. The molecule has 4 heteroatoms. The molecule has 0 aliphatic carbocycles. The number of nitrogens with one attached hydrogen (secondary N) is 1. The molecule has 0 fully saturated rings. The predicted molar refractivity (Wildman–Crippen MR) is 78.8 cm³/mol. The van der Waals surface area contributed by atoms with E-state index in [-0.39, 0.29) is 6.61 Å². The maximum atomic E-state index is 9.03. The Morgan fingerprint density at radius 2 is 2.16 bits per heavy atom. The number of aliphatic hydroxyl groups excluding tert-OH is 1. The smallest absolute Gasteiger partial charge is 0.0558 e. The molecular weight excluding hydrogens is 238 g/mol. The van der Waals surface area contributed by atoms with Gasteiger partial charge in [0.2, 0.25) is 0 Å². The predicted octanol–water partition coefficient (Wildman–Crippen LogP) is 1.56. The average Bonchev–Trinajstić information content (AvgIpc) is 2.37. The number of aromatic nitrogens is 1. The lowest BCUT2D eigenvalue weighted by Gasteiger charge is -2.19. The molecule has 19 heavy (non-hydrogen) atoms. The number of pyridine rings is 1. The third kappa shape index (κ3) is 6.47. The monoisotopic (exact) mass is 263 g/mol. The van der Waals surface area contributed by atoms with Gasteiger partial charge < -0.3 is 10.4 Å². The van der Waals surface area contributed by atoms with Crippen LogP contribution in [0, 0.1) is 0 Å². The second-order valence-corrected chi connectivity index (χ2v) is 4.90. The van der Waals surface area contributed by atoms with Gasteiger partial charge in [0.05, 0.1) is 18.0 Å². The van der Waals surface area contributed by atoms with E-state index in [1.807, 2.05) is 24.3 Å². The van der Waals surface area contributed by atoms with E-state index in [0.717, 1.165) is 31.0 Å². The highest BCUT2D eigenvalue weighted by atomic mass is 16.3. The molecule has 0 aromatic carbocycles. The second kappa shape index (κ2) is 8.80. The molecule has 1 heterocycles. The molecule has 0 radical (unpaired) electrons. The van der Waals surface area contributed by atoms with E-state index in [4.69, 9.17) is 5.11 Å². The average molecular weight is 263 g/mol. The summed E-state index contributed by atoms with van der Waals surface area (Å²) in [6, 6.07) is 6.54. The van der Waals surface area contributed by atoms with Crippen molar-refractivity contribution in [3.8, 4) is 0 Å². The summed E-state index contributed by atoms with van der Waals surface area (Å²) in [6.07, 6.45) is 1.85. The summed E-state index contributed by atoms with van der Waals surface area (Å²) in [5, 5.41) is 12.4. The molecule has 0 bridgehead atoms. The van der Waals surface area contributed by atoms with Gasteiger partial charge in [0, 0.05) is 32.2 Å². The Morgan fingerprint density at radius 1 is 1.42 bits per heavy atom. The van der Waals surface area contributed by atoms with Gasteiger partial charge >= 0.3 is 0 Å². The van der Waals surface area contributed by atoms with Gasteiger partial charge in [0.1, 0.15) is 0 Å². The van der Waals surface area contributed by atoms with E-state index >= 15 is 0 Å². The Morgan fingerprint density at radius 3 is 2.79 bits per heavy atom. The molecule has 4 nitrogen and oxygen atoms in total. The number of rotatable bonds is 9. The fraction of sp³-hybridized carbons (Fsp3) is 0.533. The molecule has 106 valence electrons. The fourth-order valence-electron chi connectivity index (χ4n) is 1.81. The summed E-state index contributed by atoms with van der Waals surface area (Å²) in [7, 11) is 0. The highest BCUT2D eigenvalue weighted by molar-refractivity contribution is 5.11. The van der Waals surface area contributed by atoms with E-state index in [0.29, 0.717) is 12.6 Å². The summed E-state index contributed by atoms with van der Waals surface area (Å²) in [5.41, 5.74) is 2.08. The molecule has 0 saturated heterocycles. The lowest BCUT2D eigenvalue weighted by molar-refractivity contribution is 0.202. The number of nitrogens with zero attached hydrogens (tertiary/aromatic N) is 2. The fourth-order valence-corrected chi connectivity index (χ4v) is 1.81. The Kier molecular flexibility index (Phi) is 7.33. The van der Waals surface area contributed by atoms with E-state index in [1.165, 1.54) is 0 Å². The largest absolute Gasteiger partial charge is 0.395 e. The van der Waals surface area contributed by atoms with Crippen LogP contribution in [0.4, 0.5) is 0 Å². The van der Waals surface area contributed by atoms with Crippen molar-refractivity contribution in [1.29, 1.82) is 0 Å². The second-order valence-electron chi connectivity index (χ2n) is 4.90. The van der Waals surface area contributed by atoms with Gasteiger partial charge in [-0.25, -0.2) is 0 Å². The van der Waals surface area contributed by atoms with Crippen LogP contribution in [0.5, 0.6) is 0 Å². The Bertz CT molecular complexity index is 379. The van der Waals surface area contributed by atoms with Crippen molar-refractivity contribution in [2.24, 2.45) is 0 Å². The minimum Gasteiger partial charge on any atom is -0.395 e. The third-order valence-electron chi connectivity index (χ3n) is 2.74. The van der Waals surface area contributed by atoms with Crippen LogP contribution in [0.2, 0.25) is 0 Å². The molecule has 1 rings (SSSR count). The molecule has 0 spiro atoms. The molecule has 0 amide bonds. The van der Waals surface area contributed by atoms with Crippen molar-refractivity contribution in [1.82, 2.24) is 15.2 Å². The van der Waals surface area contributed by atoms with E-state index < -0.39 is 0 Å². The molecule has 2 N–H and O–H groups in total. The van der Waals surface area contributed by atoms with Crippen LogP contribution in [0.3, 0.4) is 0 Å². The van der Waals surface area contributed by atoms with Crippen LogP contribution in [-0.2, 0) is 13.1 Å². The zero-order valence-electron chi connectivity index (χ0n) is 12.0. The van der Waals surface area contributed by atoms with Gasteiger partial charge in [-0.1, -0.05) is 26.0 Å². The molecule has 1 aromatic heterocycles. The van der Waals surface area contributed by atoms with Gasteiger partial charge in [-0.3, -0.25) is 9.88 Å². The van der Waals surface area contributed by atoms with Crippen molar-refractivity contribution >= 4 is 0 Å². The van der Waals surface area contributed by atoms with E-state index in [2.05, 4.69) is 35.6 Å². The summed E-state index contributed by atoms with van der Waals surface area (Å²) in [5.74, 6) is 0. The minimum atomic E-state index is 0.155. The number of hydrogen-bond acceptors (Lipinski definition) is 4. The normalized spacial score (nSPS) is 11.2. The SMILES string of the molecule is C=CCN(CCO)Cc1cccc(CNC(C)C)n1. The molecule has 0 atom stereocenters. The van der Waals surface area contributed by atoms with Gasteiger partial charge in [-0.15, -0.1) is 6.58 Å². The summed E-state index contributed by atoms with van der Waals surface area (Å²) >= 11 is 0. The standard InChI is InChI=1S/C15H25N3O/c1-4-8-18(9-10-19)12-15-7-5-6-14(17-15)11-16-13(2)3/h4-7,13,16,19H,1,8-12H2,2-3H3. The lowest BCUT2D eigenvalue weighted by Crippen LogP contribution is -2.27. The first-order chi connectivity index (χ1) is 9.15. The van der Waals surface area contributed by atoms with Gasteiger partial charge in [0.25, 0.3) is 0 Å². The minimum absolute atomic E-state index is 0.155. The molecule has 0 aliphatic heterocycles. The summed E-state index contributed by atoms with van der Waals surface area (Å²) in [6.45, 7) is 11.1. The molecule has 1 aromatic rings. The molecule has 0 aliphatic rings. The van der Waals surface area contributed by atoms with Crippen LogP contribution in [0.25, 0.3) is 0 Å². The van der Waals surface area contributed by atoms with E-state index in [1.54, 1.807) is 0 Å². The van der Waals surface area contributed by atoms with Crippen LogP contribution >= 0.6 is 0 Å². The third-order valence-corrected chi connectivity index (χ3v) is 2.74. The zero-order valence-corrected chi connectivity index (χ0v) is 12.0. The van der Waals surface area contributed by atoms with Crippen molar-refractivity contribution in [3.63, 3.8) is 0 Å². The van der Waals surface area contributed by atoms with Crippen molar-refractivity contribution in [2.75, 3.05) is 19.7 Å². The highest BCUT2D eigenvalue weighted by Crippen LogP contribution is 2.04. The maximum absolute atomic E-state index is 9.03. The van der Waals surface area contributed by atoms with Crippen LogP contribution in [-0.4, -0.2) is 40.7 Å². The van der Waals surface area contributed by atoms with Gasteiger partial charge in [0.15, 0.2) is 0 Å². The van der Waals surface area contributed by atoms with Gasteiger partial charge in [-0.05, 0) is 12.1 Å². The lowest BCUT2D eigenvalue weighted by atomic mass is 10.2. The van der Waals surface area contributed by atoms with E-state index in [9.17, 15) is 0 Å². The van der Waals surface area contributed by atoms with Crippen LogP contribution in [0.1, 0.15) is 25.2 Å². The summed E-state index contributed by atoms with van der Waals surface area (Å²) in [4.78, 5) is 6.75. The Hall–Kier alpha value is -1.23. The first kappa shape index (κ1) is 15.8. The number of aliphatic hydroxyl groups is 1.